The van der Waals surface area contributed by atoms with Gasteiger partial charge in [0.05, 0.1) is 11.5 Å². The molecule has 0 amide bonds. The molecule has 4 nitrogen and oxygen atoms in total. The molecule has 3 rings (SSSR count). The van der Waals surface area contributed by atoms with Crippen LogP contribution < -0.4 is 0 Å². The molecule has 0 unspecified atom stereocenters. The van der Waals surface area contributed by atoms with E-state index in [1.165, 1.54) is 32.1 Å². The monoisotopic (exact) mass is 308 g/mol. The van der Waals surface area contributed by atoms with Crippen molar-refractivity contribution in [1.82, 2.24) is 19.7 Å². The minimum absolute atomic E-state index is 0.635. The van der Waals surface area contributed by atoms with Crippen LogP contribution in [-0.4, -0.2) is 32.8 Å². The number of nitrogens with one attached hydrogen (secondary N) is 1. The maximum Gasteiger partial charge on any atom is 0.217 e. The molecule has 0 atom stereocenters. The number of hydrogen-bond donors (Lipinski definition) is 1. The van der Waals surface area contributed by atoms with Crippen molar-refractivity contribution in [3.8, 4) is 10.7 Å². The standard InChI is InChI=1S/C14H20N4S2/c1-17(11-6-3-2-4-7-11)10-18-14(19)15-13(16-18)12-8-5-9-20-12/h5,8-9,11H,2-4,6-7,10H2,1H3,(H,15,16,19). The highest BCUT2D eigenvalue weighted by Gasteiger charge is 2.18. The summed E-state index contributed by atoms with van der Waals surface area (Å²) in [5.74, 6) is 0.877. The molecular formula is C14H20N4S2. The Morgan fingerprint density at radius 3 is 2.95 bits per heavy atom. The number of nitrogens with zero attached hydrogens (tertiary/aromatic N) is 3. The SMILES string of the molecule is CN(Cn1[nH]c(-c2cccs2)nc1=S)C1CCCCC1. The van der Waals surface area contributed by atoms with Crippen molar-refractivity contribution in [2.24, 2.45) is 0 Å². The Labute approximate surface area is 128 Å². The van der Waals surface area contributed by atoms with E-state index in [0.29, 0.717) is 10.8 Å². The quantitative estimate of drug-likeness (QED) is 0.871. The van der Waals surface area contributed by atoms with Gasteiger partial charge in [-0.2, -0.15) is 4.98 Å². The summed E-state index contributed by atoms with van der Waals surface area (Å²) < 4.78 is 2.61. The van der Waals surface area contributed by atoms with Crippen LogP contribution in [0, 0.1) is 4.77 Å². The third kappa shape index (κ3) is 3.02. The van der Waals surface area contributed by atoms with Gasteiger partial charge in [-0.25, -0.2) is 4.68 Å². The van der Waals surface area contributed by atoms with E-state index in [9.17, 15) is 0 Å². The van der Waals surface area contributed by atoms with Crippen LogP contribution in [0.2, 0.25) is 0 Å². The lowest BCUT2D eigenvalue weighted by Crippen LogP contribution is -2.35. The van der Waals surface area contributed by atoms with E-state index in [1.807, 2.05) is 10.7 Å². The molecule has 0 aromatic carbocycles. The van der Waals surface area contributed by atoms with Gasteiger partial charge in [0.2, 0.25) is 4.77 Å². The smallest absolute Gasteiger partial charge is 0.217 e. The summed E-state index contributed by atoms with van der Waals surface area (Å²) in [4.78, 5) is 7.99. The maximum atomic E-state index is 5.37. The van der Waals surface area contributed by atoms with Crippen LogP contribution in [-0.2, 0) is 6.67 Å². The van der Waals surface area contributed by atoms with Crippen molar-refractivity contribution in [3.05, 3.63) is 22.3 Å². The number of hydrogen-bond acceptors (Lipinski definition) is 4. The largest absolute Gasteiger partial charge is 0.284 e. The predicted octanol–water partition coefficient (Wildman–Crippen LogP) is 3.89. The Kier molecular flexibility index (Phi) is 4.33. The number of rotatable bonds is 4. The molecule has 1 N–H and O–H groups in total. The van der Waals surface area contributed by atoms with Gasteiger partial charge in [-0.1, -0.05) is 25.3 Å². The van der Waals surface area contributed by atoms with Crippen LogP contribution in [0.15, 0.2) is 17.5 Å². The second-order valence-corrected chi connectivity index (χ2v) is 6.76. The van der Waals surface area contributed by atoms with Gasteiger partial charge in [-0.3, -0.25) is 10.00 Å². The molecule has 2 aromatic rings. The van der Waals surface area contributed by atoms with E-state index in [4.69, 9.17) is 12.2 Å². The zero-order chi connectivity index (χ0) is 13.9. The van der Waals surface area contributed by atoms with E-state index >= 15 is 0 Å². The molecular weight excluding hydrogens is 288 g/mol. The summed E-state index contributed by atoms with van der Waals surface area (Å²) in [6, 6.07) is 4.77. The van der Waals surface area contributed by atoms with Gasteiger partial charge in [0.1, 0.15) is 0 Å². The first-order valence-corrected chi connectivity index (χ1v) is 8.44. The first kappa shape index (κ1) is 14.0. The summed E-state index contributed by atoms with van der Waals surface area (Å²) in [5.41, 5.74) is 0. The van der Waals surface area contributed by atoms with Gasteiger partial charge in [0.25, 0.3) is 0 Å². The van der Waals surface area contributed by atoms with Gasteiger partial charge in [-0.15, -0.1) is 11.3 Å². The third-order valence-electron chi connectivity index (χ3n) is 4.00. The average molecular weight is 308 g/mol. The van der Waals surface area contributed by atoms with Gasteiger partial charge in [0.15, 0.2) is 5.82 Å². The molecule has 0 radical (unpaired) electrons. The second kappa shape index (κ2) is 6.20. The van der Waals surface area contributed by atoms with Crippen molar-refractivity contribution in [2.75, 3.05) is 7.05 Å². The number of thiophene rings is 1. The fourth-order valence-corrected chi connectivity index (χ4v) is 3.69. The molecule has 0 aliphatic heterocycles. The zero-order valence-electron chi connectivity index (χ0n) is 11.7. The normalized spacial score (nSPS) is 16.9. The highest BCUT2D eigenvalue weighted by molar-refractivity contribution is 7.71. The molecule has 0 spiro atoms. The lowest BCUT2D eigenvalue weighted by atomic mass is 9.95. The van der Waals surface area contributed by atoms with Crippen molar-refractivity contribution in [3.63, 3.8) is 0 Å². The van der Waals surface area contributed by atoms with E-state index in [2.05, 4.69) is 33.5 Å². The molecule has 1 aliphatic rings. The van der Waals surface area contributed by atoms with E-state index in [0.717, 1.165) is 17.4 Å². The molecule has 108 valence electrons. The van der Waals surface area contributed by atoms with Crippen LogP contribution in [0.5, 0.6) is 0 Å². The van der Waals surface area contributed by atoms with Crippen LogP contribution in [0.3, 0.4) is 0 Å². The summed E-state index contributed by atoms with van der Waals surface area (Å²) in [6.07, 6.45) is 6.69. The fraction of sp³-hybridized carbons (Fsp3) is 0.571. The summed E-state index contributed by atoms with van der Waals surface area (Å²) in [5, 5.41) is 5.38. The van der Waals surface area contributed by atoms with Crippen LogP contribution >= 0.6 is 23.6 Å². The molecule has 20 heavy (non-hydrogen) atoms. The Bertz CT molecular complexity index is 593. The van der Waals surface area contributed by atoms with E-state index in [-0.39, 0.29) is 0 Å². The molecule has 1 saturated carbocycles. The van der Waals surface area contributed by atoms with Gasteiger partial charge < -0.3 is 0 Å². The molecule has 1 aliphatic carbocycles. The minimum Gasteiger partial charge on any atom is -0.284 e. The van der Waals surface area contributed by atoms with E-state index < -0.39 is 0 Å². The topological polar surface area (TPSA) is 36.9 Å². The Balaban J connectivity index is 1.72. The average Bonchev–Trinajstić information content (AvgIpc) is 3.10. The van der Waals surface area contributed by atoms with Crippen molar-refractivity contribution >= 4 is 23.6 Å². The van der Waals surface area contributed by atoms with Crippen molar-refractivity contribution < 1.29 is 0 Å². The van der Waals surface area contributed by atoms with Crippen LogP contribution in [0.25, 0.3) is 10.7 Å². The number of H-pyrrole nitrogens is 1. The summed E-state index contributed by atoms with van der Waals surface area (Å²) in [6.45, 7) is 0.794. The second-order valence-electron chi connectivity index (χ2n) is 5.45. The molecule has 0 bridgehead atoms. The van der Waals surface area contributed by atoms with Crippen molar-refractivity contribution in [1.29, 1.82) is 0 Å². The highest BCUT2D eigenvalue weighted by atomic mass is 32.1. The zero-order valence-corrected chi connectivity index (χ0v) is 13.3. The van der Waals surface area contributed by atoms with Gasteiger partial charge >= 0.3 is 0 Å². The lowest BCUT2D eigenvalue weighted by molar-refractivity contribution is 0.145. The Hall–Kier alpha value is -0.980. The Morgan fingerprint density at radius 1 is 1.45 bits per heavy atom. The van der Waals surface area contributed by atoms with Gasteiger partial charge in [-0.05, 0) is 43.6 Å². The molecule has 1 fully saturated rings. The van der Waals surface area contributed by atoms with Crippen LogP contribution in [0.4, 0.5) is 0 Å². The van der Waals surface area contributed by atoms with Crippen molar-refractivity contribution in [2.45, 2.75) is 44.8 Å². The fourth-order valence-electron chi connectivity index (χ4n) is 2.84. The minimum atomic E-state index is 0.635. The molecule has 2 aromatic heterocycles. The highest BCUT2D eigenvalue weighted by Crippen LogP contribution is 2.23. The summed E-state index contributed by atoms with van der Waals surface area (Å²) in [7, 11) is 2.18. The first-order valence-electron chi connectivity index (χ1n) is 7.15. The third-order valence-corrected chi connectivity index (χ3v) is 5.18. The summed E-state index contributed by atoms with van der Waals surface area (Å²) >= 11 is 7.04. The van der Waals surface area contributed by atoms with Crippen LogP contribution in [0.1, 0.15) is 32.1 Å². The van der Waals surface area contributed by atoms with E-state index in [1.54, 1.807) is 11.3 Å². The Morgan fingerprint density at radius 2 is 2.25 bits per heavy atom. The predicted molar refractivity (Wildman–Crippen MR) is 85.4 cm³/mol. The number of aromatic amines is 1. The molecule has 2 heterocycles. The van der Waals surface area contributed by atoms with Gasteiger partial charge in [0, 0.05) is 6.04 Å². The maximum absolute atomic E-state index is 5.37. The first-order chi connectivity index (χ1) is 9.74. The molecule has 6 heteroatoms. The lowest BCUT2D eigenvalue weighted by Gasteiger charge is -2.30. The molecule has 0 saturated heterocycles. The number of aromatic nitrogens is 3.